The number of carbonyl (C=O) groups excluding carboxylic acids is 2. The highest BCUT2D eigenvalue weighted by molar-refractivity contribution is 5.89. The molecule has 1 aliphatic rings. The van der Waals surface area contributed by atoms with E-state index in [0.29, 0.717) is 12.8 Å². The summed E-state index contributed by atoms with van der Waals surface area (Å²) in [4.78, 5) is 21.9. The largest absolute Gasteiger partial charge is 0.356 e. The van der Waals surface area contributed by atoms with Gasteiger partial charge in [0.05, 0.1) is 0 Å². The summed E-state index contributed by atoms with van der Waals surface area (Å²) in [7, 11) is 0. The molecule has 1 amide bonds. The third kappa shape index (κ3) is 2.19. The standard InChI is InChI=1S/C9H13NO2/c1-2-8(11)4-3-7-5-6-10-9(7)12/h2,7H,1,3-6H2,(H,10,12). The van der Waals surface area contributed by atoms with Crippen LogP contribution in [0.1, 0.15) is 19.3 Å². The van der Waals surface area contributed by atoms with Crippen LogP contribution in [0, 0.1) is 5.92 Å². The molecule has 0 aromatic rings. The highest BCUT2D eigenvalue weighted by atomic mass is 16.2. The molecule has 1 N–H and O–H groups in total. The number of rotatable bonds is 4. The van der Waals surface area contributed by atoms with Gasteiger partial charge in [-0.15, -0.1) is 0 Å². The van der Waals surface area contributed by atoms with E-state index in [0.717, 1.165) is 13.0 Å². The second kappa shape index (κ2) is 4.04. The van der Waals surface area contributed by atoms with Gasteiger partial charge in [0.1, 0.15) is 0 Å². The Morgan fingerprint density at radius 1 is 1.75 bits per heavy atom. The van der Waals surface area contributed by atoms with Gasteiger partial charge >= 0.3 is 0 Å². The average molecular weight is 167 g/mol. The van der Waals surface area contributed by atoms with Crippen LogP contribution >= 0.6 is 0 Å². The molecule has 3 nitrogen and oxygen atoms in total. The van der Waals surface area contributed by atoms with Crippen LogP contribution in [-0.4, -0.2) is 18.2 Å². The van der Waals surface area contributed by atoms with Gasteiger partial charge < -0.3 is 5.32 Å². The van der Waals surface area contributed by atoms with E-state index < -0.39 is 0 Å². The Morgan fingerprint density at radius 2 is 2.50 bits per heavy atom. The molecule has 0 spiro atoms. The van der Waals surface area contributed by atoms with Gasteiger partial charge in [-0.1, -0.05) is 6.58 Å². The van der Waals surface area contributed by atoms with Crippen LogP contribution in [-0.2, 0) is 9.59 Å². The predicted octanol–water partition coefficient (Wildman–Crippen LogP) is 0.658. The van der Waals surface area contributed by atoms with Crippen molar-refractivity contribution in [3.63, 3.8) is 0 Å². The van der Waals surface area contributed by atoms with Crippen LogP contribution in [0.2, 0.25) is 0 Å². The molecule has 1 aliphatic heterocycles. The van der Waals surface area contributed by atoms with Crippen LogP contribution in [0.4, 0.5) is 0 Å². The number of nitrogens with one attached hydrogen (secondary N) is 1. The molecule has 0 bridgehead atoms. The monoisotopic (exact) mass is 167 g/mol. The first-order valence-corrected chi connectivity index (χ1v) is 4.17. The highest BCUT2D eigenvalue weighted by Gasteiger charge is 2.23. The van der Waals surface area contributed by atoms with Crippen LogP contribution in [0.3, 0.4) is 0 Å². The second-order valence-electron chi connectivity index (χ2n) is 2.99. The first-order valence-electron chi connectivity index (χ1n) is 4.17. The molecule has 66 valence electrons. The molecule has 3 heteroatoms. The maximum Gasteiger partial charge on any atom is 0.223 e. The van der Waals surface area contributed by atoms with E-state index >= 15 is 0 Å². The molecule has 0 aromatic carbocycles. The fraction of sp³-hybridized carbons (Fsp3) is 0.556. The second-order valence-corrected chi connectivity index (χ2v) is 2.99. The minimum Gasteiger partial charge on any atom is -0.356 e. The van der Waals surface area contributed by atoms with Crippen molar-refractivity contribution in [1.82, 2.24) is 5.32 Å². The Labute approximate surface area is 71.8 Å². The van der Waals surface area contributed by atoms with Crippen molar-refractivity contribution in [1.29, 1.82) is 0 Å². The zero-order chi connectivity index (χ0) is 8.97. The van der Waals surface area contributed by atoms with Gasteiger partial charge in [0.25, 0.3) is 0 Å². The van der Waals surface area contributed by atoms with Crippen LogP contribution in [0.5, 0.6) is 0 Å². The summed E-state index contributed by atoms with van der Waals surface area (Å²) >= 11 is 0. The lowest BCUT2D eigenvalue weighted by atomic mass is 10.0. The fourth-order valence-corrected chi connectivity index (χ4v) is 1.34. The Hall–Kier alpha value is -1.12. The van der Waals surface area contributed by atoms with Crippen LogP contribution in [0.15, 0.2) is 12.7 Å². The predicted molar refractivity (Wildman–Crippen MR) is 45.6 cm³/mol. The molecular weight excluding hydrogens is 154 g/mol. The van der Waals surface area contributed by atoms with E-state index in [-0.39, 0.29) is 17.6 Å². The normalized spacial score (nSPS) is 22.0. The van der Waals surface area contributed by atoms with Crippen LogP contribution < -0.4 is 5.32 Å². The number of allylic oxidation sites excluding steroid dienone is 1. The van der Waals surface area contributed by atoms with E-state index in [4.69, 9.17) is 0 Å². The zero-order valence-electron chi connectivity index (χ0n) is 7.01. The fourth-order valence-electron chi connectivity index (χ4n) is 1.34. The lowest BCUT2D eigenvalue weighted by Crippen LogP contribution is -2.19. The molecule has 1 unspecified atom stereocenters. The van der Waals surface area contributed by atoms with Crippen molar-refractivity contribution in [2.24, 2.45) is 5.92 Å². The van der Waals surface area contributed by atoms with E-state index in [1.54, 1.807) is 0 Å². The molecule has 1 fully saturated rings. The van der Waals surface area contributed by atoms with Gasteiger partial charge in [-0.3, -0.25) is 9.59 Å². The molecule has 0 radical (unpaired) electrons. The van der Waals surface area contributed by atoms with Gasteiger partial charge in [0, 0.05) is 18.9 Å². The molecule has 12 heavy (non-hydrogen) atoms. The van der Waals surface area contributed by atoms with Gasteiger partial charge in [-0.25, -0.2) is 0 Å². The Balaban J connectivity index is 2.27. The average Bonchev–Trinajstić information content (AvgIpc) is 2.47. The Kier molecular flexibility index (Phi) is 3.02. The van der Waals surface area contributed by atoms with E-state index in [1.165, 1.54) is 6.08 Å². The van der Waals surface area contributed by atoms with Crippen molar-refractivity contribution in [3.05, 3.63) is 12.7 Å². The topological polar surface area (TPSA) is 46.2 Å². The summed E-state index contributed by atoms with van der Waals surface area (Å²) < 4.78 is 0. The Morgan fingerprint density at radius 3 is 3.00 bits per heavy atom. The van der Waals surface area contributed by atoms with Crippen molar-refractivity contribution in [2.45, 2.75) is 19.3 Å². The molecule has 1 saturated heterocycles. The number of carbonyl (C=O) groups is 2. The zero-order valence-corrected chi connectivity index (χ0v) is 7.01. The summed E-state index contributed by atoms with van der Waals surface area (Å²) in [6, 6.07) is 0. The van der Waals surface area contributed by atoms with Crippen molar-refractivity contribution in [2.75, 3.05) is 6.54 Å². The van der Waals surface area contributed by atoms with Gasteiger partial charge in [0.2, 0.25) is 5.91 Å². The summed E-state index contributed by atoms with van der Waals surface area (Å²) in [5, 5.41) is 2.74. The third-order valence-electron chi connectivity index (χ3n) is 2.13. The molecule has 1 rings (SSSR count). The molecule has 1 heterocycles. The maximum absolute atomic E-state index is 11.0. The first-order chi connectivity index (χ1) is 5.74. The summed E-state index contributed by atoms with van der Waals surface area (Å²) in [5.74, 6) is 0.162. The number of amides is 1. The minimum atomic E-state index is 0.0229. The van der Waals surface area contributed by atoms with Crippen LogP contribution in [0.25, 0.3) is 0 Å². The van der Waals surface area contributed by atoms with Gasteiger partial charge in [-0.05, 0) is 18.9 Å². The maximum atomic E-state index is 11.0. The van der Waals surface area contributed by atoms with E-state index in [2.05, 4.69) is 11.9 Å². The van der Waals surface area contributed by atoms with E-state index in [9.17, 15) is 9.59 Å². The molecule has 0 saturated carbocycles. The lowest BCUT2D eigenvalue weighted by molar-refractivity contribution is -0.122. The first kappa shape index (κ1) is 8.97. The minimum absolute atomic E-state index is 0.0229. The Bertz CT molecular complexity index is 211. The third-order valence-corrected chi connectivity index (χ3v) is 2.13. The molecule has 0 aliphatic carbocycles. The van der Waals surface area contributed by atoms with Gasteiger partial charge in [-0.2, -0.15) is 0 Å². The number of hydrogen-bond donors (Lipinski definition) is 1. The number of ketones is 1. The summed E-state index contributed by atoms with van der Waals surface area (Å²) in [5.41, 5.74) is 0. The summed E-state index contributed by atoms with van der Waals surface area (Å²) in [6.07, 6.45) is 3.29. The number of hydrogen-bond acceptors (Lipinski definition) is 2. The highest BCUT2D eigenvalue weighted by Crippen LogP contribution is 2.15. The van der Waals surface area contributed by atoms with Crippen molar-refractivity contribution < 1.29 is 9.59 Å². The smallest absolute Gasteiger partial charge is 0.223 e. The molecular formula is C9H13NO2. The lowest BCUT2D eigenvalue weighted by Gasteiger charge is -2.02. The van der Waals surface area contributed by atoms with Crippen molar-refractivity contribution >= 4 is 11.7 Å². The SMILES string of the molecule is C=CC(=O)CCC1CCNC1=O. The molecule has 1 atom stereocenters. The van der Waals surface area contributed by atoms with Crippen molar-refractivity contribution in [3.8, 4) is 0 Å². The van der Waals surface area contributed by atoms with Gasteiger partial charge in [0.15, 0.2) is 5.78 Å². The quantitative estimate of drug-likeness (QED) is 0.625. The van der Waals surface area contributed by atoms with E-state index in [1.807, 2.05) is 0 Å². The summed E-state index contributed by atoms with van der Waals surface area (Å²) in [6.45, 7) is 4.13. The molecule has 0 aromatic heterocycles.